The van der Waals surface area contributed by atoms with Crippen LogP contribution in [0.25, 0.3) is 0 Å². The van der Waals surface area contributed by atoms with Crippen molar-refractivity contribution in [1.82, 2.24) is 0 Å². The van der Waals surface area contributed by atoms with E-state index in [0.717, 1.165) is 17.5 Å². The van der Waals surface area contributed by atoms with Crippen molar-refractivity contribution in [1.29, 1.82) is 0 Å². The van der Waals surface area contributed by atoms with E-state index in [4.69, 9.17) is 5.73 Å². The Morgan fingerprint density at radius 1 is 1.56 bits per heavy atom. The van der Waals surface area contributed by atoms with Crippen LogP contribution in [-0.4, -0.2) is 0 Å². The lowest BCUT2D eigenvalue weighted by atomic mass is 9.85. The van der Waals surface area contributed by atoms with Gasteiger partial charge in [-0.1, -0.05) is 20.4 Å². The summed E-state index contributed by atoms with van der Waals surface area (Å²) < 4.78 is 13.9. The van der Waals surface area contributed by atoms with Gasteiger partial charge >= 0.3 is 0 Å². The molecule has 0 heterocycles. The van der Waals surface area contributed by atoms with E-state index in [1.807, 2.05) is 19.9 Å². The van der Waals surface area contributed by atoms with Crippen LogP contribution in [0.5, 0.6) is 0 Å². The quantitative estimate of drug-likeness (QED) is 0.565. The van der Waals surface area contributed by atoms with Crippen LogP contribution < -0.4 is 5.73 Å². The number of halogens is 1. The number of nitrogens with two attached hydrogens (primary N) is 1. The number of benzene rings is 1. The fourth-order valence-corrected chi connectivity index (χ4v) is 2.73. The van der Waals surface area contributed by atoms with E-state index in [2.05, 4.69) is 12.3 Å². The molecule has 0 saturated heterocycles. The summed E-state index contributed by atoms with van der Waals surface area (Å²) in [6.45, 7) is 7.68. The summed E-state index contributed by atoms with van der Waals surface area (Å²) in [4.78, 5) is 0. The van der Waals surface area contributed by atoms with Gasteiger partial charge in [-0.2, -0.15) is 0 Å². The lowest BCUT2D eigenvalue weighted by Gasteiger charge is -2.19. The van der Waals surface area contributed by atoms with Crippen molar-refractivity contribution in [3.8, 4) is 0 Å². The van der Waals surface area contributed by atoms with Crippen molar-refractivity contribution in [3.63, 3.8) is 0 Å². The number of hydrogen-bond acceptors (Lipinski definition) is 1. The summed E-state index contributed by atoms with van der Waals surface area (Å²) >= 11 is 0. The monoisotopic (exact) mass is 217 g/mol. The first kappa shape index (κ1) is 11.0. The highest BCUT2D eigenvalue weighted by molar-refractivity contribution is 5.59. The topological polar surface area (TPSA) is 26.0 Å². The molecule has 2 N–H and O–H groups in total. The van der Waals surface area contributed by atoms with Gasteiger partial charge < -0.3 is 5.73 Å². The van der Waals surface area contributed by atoms with Crippen molar-refractivity contribution in [2.75, 3.05) is 5.73 Å². The fourth-order valence-electron chi connectivity index (χ4n) is 2.73. The minimum absolute atomic E-state index is 0.137. The van der Waals surface area contributed by atoms with Gasteiger partial charge in [-0.15, -0.1) is 5.73 Å². The third kappa shape index (κ3) is 1.46. The second kappa shape index (κ2) is 3.50. The molecule has 0 amide bonds. The molecule has 1 aromatic rings. The molecule has 0 aromatic heterocycles. The van der Waals surface area contributed by atoms with Crippen LogP contribution in [0.15, 0.2) is 30.5 Å². The zero-order valence-electron chi connectivity index (χ0n) is 9.68. The minimum atomic E-state index is -0.174. The lowest BCUT2D eigenvalue weighted by molar-refractivity contribution is 0.476. The molecule has 2 heteroatoms. The first-order valence-corrected chi connectivity index (χ1v) is 5.41. The molecule has 0 radical (unpaired) electrons. The lowest BCUT2D eigenvalue weighted by Crippen LogP contribution is -2.14. The van der Waals surface area contributed by atoms with E-state index in [1.54, 1.807) is 6.07 Å². The van der Waals surface area contributed by atoms with E-state index in [9.17, 15) is 4.39 Å². The van der Waals surface area contributed by atoms with Gasteiger partial charge in [0.05, 0.1) is 0 Å². The summed E-state index contributed by atoms with van der Waals surface area (Å²) in [7, 11) is 0. The molecule has 1 aliphatic carbocycles. The Kier molecular flexibility index (Phi) is 2.40. The van der Waals surface area contributed by atoms with Crippen molar-refractivity contribution in [2.24, 2.45) is 0 Å². The number of fused-ring (bicyclic) bond motifs is 1. The van der Waals surface area contributed by atoms with Gasteiger partial charge in [-0.3, -0.25) is 0 Å². The molecule has 84 valence electrons. The van der Waals surface area contributed by atoms with Crippen molar-refractivity contribution in [3.05, 3.63) is 47.5 Å². The minimum Gasteiger partial charge on any atom is -0.398 e. The Morgan fingerprint density at radius 2 is 2.25 bits per heavy atom. The molecule has 2 rings (SSSR count). The number of hydrogen-bond donors (Lipinski definition) is 1. The van der Waals surface area contributed by atoms with Crippen LogP contribution in [0.1, 0.15) is 37.3 Å². The van der Waals surface area contributed by atoms with Crippen LogP contribution in [-0.2, 0) is 5.41 Å². The number of allylic oxidation sites excluding steroid dienone is 1. The molecule has 0 fully saturated rings. The Hall–Kier alpha value is -1.53. The predicted octanol–water partition coefficient (Wildman–Crippen LogP) is 3.51. The van der Waals surface area contributed by atoms with Gasteiger partial charge in [0.2, 0.25) is 0 Å². The summed E-state index contributed by atoms with van der Waals surface area (Å²) in [5.41, 5.74) is 10.9. The number of anilines is 1. The molecular weight excluding hydrogens is 201 g/mol. The third-order valence-electron chi connectivity index (χ3n) is 3.33. The predicted molar refractivity (Wildman–Crippen MR) is 64.9 cm³/mol. The van der Waals surface area contributed by atoms with Crippen LogP contribution in [0.4, 0.5) is 10.1 Å². The number of nitrogen functional groups attached to an aromatic ring is 1. The molecule has 1 atom stereocenters. The summed E-state index contributed by atoms with van der Waals surface area (Å²) in [6, 6.07) is 3.09. The Labute approximate surface area is 95.5 Å². The molecule has 1 aromatic carbocycles. The molecule has 0 spiro atoms. The molecular formula is C14H16FN. The van der Waals surface area contributed by atoms with E-state index in [0.29, 0.717) is 5.69 Å². The second-order valence-electron chi connectivity index (χ2n) is 4.99. The van der Waals surface area contributed by atoms with E-state index in [-0.39, 0.29) is 17.2 Å². The van der Waals surface area contributed by atoms with Gasteiger partial charge in [-0.05, 0) is 41.2 Å². The van der Waals surface area contributed by atoms with Crippen LogP contribution in [0, 0.1) is 5.82 Å². The number of rotatable bonds is 1. The van der Waals surface area contributed by atoms with Gasteiger partial charge in [0.15, 0.2) is 0 Å². The maximum atomic E-state index is 13.9. The molecule has 1 nitrogen and oxygen atoms in total. The maximum Gasteiger partial charge on any atom is 0.127 e. The Balaban J connectivity index is 2.71. The summed E-state index contributed by atoms with van der Waals surface area (Å²) in [6.07, 6.45) is 2.74. The first-order valence-electron chi connectivity index (χ1n) is 5.41. The largest absolute Gasteiger partial charge is 0.398 e. The molecule has 1 aliphatic rings. The normalized spacial score (nSPS) is 21.3. The highest BCUT2D eigenvalue weighted by atomic mass is 19.1. The maximum absolute atomic E-state index is 13.9. The van der Waals surface area contributed by atoms with E-state index >= 15 is 0 Å². The summed E-state index contributed by atoms with van der Waals surface area (Å²) in [5, 5.41) is 0. The zero-order valence-corrected chi connectivity index (χ0v) is 9.68. The van der Waals surface area contributed by atoms with Crippen molar-refractivity contribution in [2.45, 2.75) is 31.6 Å². The third-order valence-corrected chi connectivity index (χ3v) is 3.33. The average molecular weight is 217 g/mol. The van der Waals surface area contributed by atoms with Gasteiger partial charge in [-0.25, -0.2) is 4.39 Å². The summed E-state index contributed by atoms with van der Waals surface area (Å²) in [5.74, 6) is -0.0210. The second-order valence-corrected chi connectivity index (χ2v) is 4.99. The average Bonchev–Trinajstić information content (AvgIpc) is 2.46. The zero-order chi connectivity index (χ0) is 11.9. The Bertz CT molecular complexity index is 482. The Morgan fingerprint density at radius 3 is 2.88 bits per heavy atom. The first-order chi connectivity index (χ1) is 7.47. The fraction of sp³-hybridized carbons (Fsp3) is 0.357. The smallest absolute Gasteiger partial charge is 0.127 e. The van der Waals surface area contributed by atoms with E-state index < -0.39 is 0 Å². The molecule has 0 saturated carbocycles. The van der Waals surface area contributed by atoms with Crippen molar-refractivity contribution < 1.29 is 4.39 Å². The molecule has 0 aliphatic heterocycles. The van der Waals surface area contributed by atoms with Gasteiger partial charge in [0, 0.05) is 11.6 Å². The molecule has 1 unspecified atom stereocenters. The highest BCUT2D eigenvalue weighted by Crippen LogP contribution is 2.49. The van der Waals surface area contributed by atoms with E-state index in [1.165, 1.54) is 6.07 Å². The van der Waals surface area contributed by atoms with Crippen molar-refractivity contribution >= 4 is 5.69 Å². The van der Waals surface area contributed by atoms with Crippen LogP contribution in [0.2, 0.25) is 0 Å². The van der Waals surface area contributed by atoms with Crippen LogP contribution >= 0.6 is 0 Å². The SMILES string of the molecule is C=C=CC1CC(C)(C)c2c(F)ccc(N)c21. The standard InChI is InChI=1S/C14H16FN/c1-4-5-9-8-14(2,3)13-10(15)6-7-11(16)12(9)13/h5-7,9H,1,8,16H2,2-3H3. The van der Waals surface area contributed by atoms with Crippen LogP contribution in [0.3, 0.4) is 0 Å². The van der Waals surface area contributed by atoms with Gasteiger partial charge in [0.25, 0.3) is 0 Å². The van der Waals surface area contributed by atoms with Gasteiger partial charge in [0.1, 0.15) is 5.82 Å². The highest BCUT2D eigenvalue weighted by Gasteiger charge is 2.39. The molecule has 0 bridgehead atoms. The molecule has 16 heavy (non-hydrogen) atoms.